The van der Waals surface area contributed by atoms with Gasteiger partial charge in [-0.05, 0) is 49.9 Å². The maximum Gasteiger partial charge on any atom is 0.355 e. The van der Waals surface area contributed by atoms with Gasteiger partial charge in [0.2, 0.25) is 5.91 Å². The molecule has 29 heavy (non-hydrogen) atoms. The molecule has 0 fully saturated rings. The predicted octanol–water partition coefficient (Wildman–Crippen LogP) is 4.31. The van der Waals surface area contributed by atoms with Gasteiger partial charge in [0.15, 0.2) is 0 Å². The minimum Gasteiger partial charge on any atom is -0.458 e. The number of fused-ring (bicyclic) bond motifs is 1. The lowest BCUT2D eigenvalue weighted by Crippen LogP contribution is -2.23. The number of anilines is 1. The molecule has 0 aliphatic carbocycles. The molecule has 6 heteroatoms. The number of amides is 1. The second-order valence-electron chi connectivity index (χ2n) is 7.47. The van der Waals surface area contributed by atoms with E-state index in [1.807, 2.05) is 55.9 Å². The average Bonchev–Trinajstić information content (AvgIpc) is 3.21. The Labute approximate surface area is 171 Å². The number of rotatable bonds is 7. The number of hydrogen-bond acceptors (Lipinski definition) is 3. The first kappa shape index (κ1) is 20.7. The van der Waals surface area contributed by atoms with Crippen molar-refractivity contribution < 1.29 is 14.3 Å². The molecule has 3 rings (SSSR count). The maximum absolute atomic E-state index is 13.0. The monoisotopic (exact) mass is 395 g/mol. The summed E-state index contributed by atoms with van der Waals surface area (Å²) in [5.41, 5.74) is 5.19. The van der Waals surface area contributed by atoms with Gasteiger partial charge in [-0.2, -0.15) is 0 Å². The molecule has 154 valence electrons. The lowest BCUT2D eigenvalue weighted by atomic mass is 10.0. The Morgan fingerprint density at radius 3 is 2.31 bits per heavy atom. The van der Waals surface area contributed by atoms with Crippen LogP contribution in [0.3, 0.4) is 0 Å². The van der Waals surface area contributed by atoms with Crippen LogP contribution in [0.15, 0.2) is 36.5 Å². The Morgan fingerprint density at radius 2 is 1.72 bits per heavy atom. The highest BCUT2D eigenvalue weighted by molar-refractivity contribution is 5.98. The Bertz CT molecular complexity index is 1020. The fraction of sp³-hybridized carbons (Fsp3) is 0.391. The standard InChI is InChI=1S/C23H29N3O3/c1-6-16-9-8-10-17(7-2)22(16)24-21(27)14-26-18-11-12-25(5)19(18)13-20(26)23(28)29-15(3)4/h8-13,15H,6-7,14H2,1-5H3,(H,24,27). The van der Waals surface area contributed by atoms with Crippen LogP contribution in [0, 0.1) is 0 Å². The Kier molecular flexibility index (Phi) is 6.11. The van der Waals surface area contributed by atoms with E-state index in [2.05, 4.69) is 19.2 Å². The van der Waals surface area contributed by atoms with Crippen molar-refractivity contribution in [1.29, 1.82) is 0 Å². The van der Waals surface area contributed by atoms with E-state index in [0.29, 0.717) is 5.69 Å². The fourth-order valence-corrected chi connectivity index (χ4v) is 3.61. The van der Waals surface area contributed by atoms with Gasteiger partial charge in [0.1, 0.15) is 12.2 Å². The van der Waals surface area contributed by atoms with Crippen molar-refractivity contribution in [2.75, 3.05) is 5.32 Å². The molecule has 0 aliphatic rings. The van der Waals surface area contributed by atoms with Crippen molar-refractivity contribution in [3.05, 3.63) is 53.3 Å². The predicted molar refractivity (Wildman–Crippen MR) is 115 cm³/mol. The largest absolute Gasteiger partial charge is 0.458 e. The second-order valence-corrected chi connectivity index (χ2v) is 7.47. The molecule has 0 bridgehead atoms. The van der Waals surface area contributed by atoms with Gasteiger partial charge in [-0.25, -0.2) is 4.79 Å². The summed E-state index contributed by atoms with van der Waals surface area (Å²) in [7, 11) is 1.91. The Hall–Kier alpha value is -3.02. The molecule has 1 amide bonds. The minimum atomic E-state index is -0.424. The van der Waals surface area contributed by atoms with Crippen LogP contribution in [0.2, 0.25) is 0 Å². The molecule has 0 unspecified atom stereocenters. The van der Waals surface area contributed by atoms with Gasteiger partial charge in [-0.15, -0.1) is 0 Å². The zero-order chi connectivity index (χ0) is 21.1. The van der Waals surface area contributed by atoms with Crippen molar-refractivity contribution in [3.63, 3.8) is 0 Å². The molecule has 0 atom stereocenters. The van der Waals surface area contributed by atoms with E-state index in [-0.39, 0.29) is 18.6 Å². The molecule has 2 heterocycles. The third-order valence-corrected chi connectivity index (χ3v) is 5.07. The number of para-hydroxylation sites is 1. The van der Waals surface area contributed by atoms with E-state index < -0.39 is 5.97 Å². The Morgan fingerprint density at radius 1 is 1.07 bits per heavy atom. The highest BCUT2D eigenvalue weighted by atomic mass is 16.5. The number of aromatic nitrogens is 2. The lowest BCUT2D eigenvalue weighted by molar-refractivity contribution is -0.116. The highest BCUT2D eigenvalue weighted by Gasteiger charge is 2.21. The summed E-state index contributed by atoms with van der Waals surface area (Å²) >= 11 is 0. The van der Waals surface area contributed by atoms with Crippen LogP contribution in [0.25, 0.3) is 11.0 Å². The van der Waals surface area contributed by atoms with Gasteiger partial charge in [0.05, 0.1) is 17.1 Å². The molecule has 1 aromatic carbocycles. The molecule has 6 nitrogen and oxygen atoms in total. The van der Waals surface area contributed by atoms with Gasteiger partial charge in [-0.1, -0.05) is 32.0 Å². The van der Waals surface area contributed by atoms with Crippen LogP contribution in [0.1, 0.15) is 49.3 Å². The van der Waals surface area contributed by atoms with Crippen molar-refractivity contribution in [1.82, 2.24) is 9.13 Å². The minimum absolute atomic E-state index is 0.0389. The normalized spacial score (nSPS) is 11.2. The molecule has 0 saturated heterocycles. The van der Waals surface area contributed by atoms with Crippen LogP contribution in [0.5, 0.6) is 0 Å². The smallest absolute Gasteiger partial charge is 0.355 e. The third kappa shape index (κ3) is 4.21. The average molecular weight is 396 g/mol. The highest BCUT2D eigenvalue weighted by Crippen LogP contribution is 2.25. The van der Waals surface area contributed by atoms with Gasteiger partial charge < -0.3 is 19.2 Å². The molecule has 0 saturated carbocycles. The maximum atomic E-state index is 13.0. The van der Waals surface area contributed by atoms with Crippen LogP contribution in [-0.4, -0.2) is 27.1 Å². The summed E-state index contributed by atoms with van der Waals surface area (Å²) in [4.78, 5) is 25.6. The quantitative estimate of drug-likeness (QED) is 0.606. The SMILES string of the molecule is CCc1cccc(CC)c1NC(=O)Cn1c(C(=O)OC(C)C)cc2c1ccn2C. The number of hydrogen-bond donors (Lipinski definition) is 1. The van der Waals surface area contributed by atoms with E-state index in [0.717, 1.165) is 40.7 Å². The van der Waals surface area contributed by atoms with Crippen molar-refractivity contribution in [2.45, 2.75) is 53.2 Å². The first-order chi connectivity index (χ1) is 13.8. The molecule has 0 spiro atoms. The van der Waals surface area contributed by atoms with Crippen LogP contribution < -0.4 is 5.32 Å². The second kappa shape index (κ2) is 8.55. The number of ether oxygens (including phenoxy) is 1. The van der Waals surface area contributed by atoms with Crippen molar-refractivity contribution >= 4 is 28.6 Å². The van der Waals surface area contributed by atoms with E-state index in [9.17, 15) is 9.59 Å². The molecule has 3 aromatic rings. The molecule has 2 aromatic heterocycles. The zero-order valence-electron chi connectivity index (χ0n) is 17.8. The van der Waals surface area contributed by atoms with Gasteiger partial charge in [-0.3, -0.25) is 4.79 Å². The molecule has 0 radical (unpaired) electrons. The van der Waals surface area contributed by atoms with E-state index in [1.165, 1.54) is 0 Å². The van der Waals surface area contributed by atoms with Gasteiger partial charge in [0.25, 0.3) is 0 Å². The molecule has 1 N–H and O–H groups in total. The van der Waals surface area contributed by atoms with Crippen LogP contribution >= 0.6 is 0 Å². The first-order valence-electron chi connectivity index (χ1n) is 10.1. The topological polar surface area (TPSA) is 65.3 Å². The zero-order valence-corrected chi connectivity index (χ0v) is 17.8. The number of aryl methyl sites for hydroxylation is 3. The first-order valence-corrected chi connectivity index (χ1v) is 10.1. The number of carbonyl (C=O) groups excluding carboxylic acids is 2. The summed E-state index contributed by atoms with van der Waals surface area (Å²) < 4.78 is 9.05. The van der Waals surface area contributed by atoms with Crippen LogP contribution in [-0.2, 0) is 36.0 Å². The Balaban J connectivity index is 1.94. The molecule has 0 aliphatic heterocycles. The summed E-state index contributed by atoms with van der Waals surface area (Å²) in [6.45, 7) is 7.81. The fourth-order valence-electron chi connectivity index (χ4n) is 3.61. The van der Waals surface area contributed by atoms with Crippen molar-refractivity contribution in [3.8, 4) is 0 Å². The summed E-state index contributed by atoms with van der Waals surface area (Å²) in [5, 5.41) is 3.08. The van der Waals surface area contributed by atoms with E-state index in [1.54, 1.807) is 10.6 Å². The van der Waals surface area contributed by atoms with Gasteiger partial charge in [0, 0.05) is 18.9 Å². The summed E-state index contributed by atoms with van der Waals surface area (Å²) in [5.74, 6) is -0.590. The van der Waals surface area contributed by atoms with E-state index >= 15 is 0 Å². The summed E-state index contributed by atoms with van der Waals surface area (Å²) in [6, 6.07) is 9.78. The van der Waals surface area contributed by atoms with E-state index in [4.69, 9.17) is 4.74 Å². The van der Waals surface area contributed by atoms with Crippen LogP contribution in [0.4, 0.5) is 5.69 Å². The number of carbonyl (C=O) groups is 2. The number of esters is 1. The number of benzene rings is 1. The lowest BCUT2D eigenvalue weighted by Gasteiger charge is -2.16. The number of nitrogens with zero attached hydrogens (tertiary/aromatic N) is 2. The van der Waals surface area contributed by atoms with Gasteiger partial charge >= 0.3 is 5.97 Å². The molecular weight excluding hydrogens is 366 g/mol. The third-order valence-electron chi connectivity index (χ3n) is 5.07. The summed E-state index contributed by atoms with van der Waals surface area (Å²) in [6.07, 6.45) is 3.36. The number of nitrogens with one attached hydrogen (secondary N) is 1. The van der Waals surface area contributed by atoms with Crippen molar-refractivity contribution in [2.24, 2.45) is 7.05 Å². The molecular formula is C23H29N3O3.